The van der Waals surface area contributed by atoms with E-state index >= 15 is 0 Å². The van der Waals surface area contributed by atoms with Gasteiger partial charge in [-0.2, -0.15) is 0 Å². The highest BCUT2D eigenvalue weighted by molar-refractivity contribution is 5.79. The molecule has 0 radical (unpaired) electrons. The van der Waals surface area contributed by atoms with Gasteiger partial charge in [-0.1, -0.05) is 31.2 Å². The number of hydrogen-bond acceptors (Lipinski definition) is 4. The van der Waals surface area contributed by atoms with E-state index in [1.165, 1.54) is 37.1 Å². The molecule has 28 heavy (non-hydrogen) atoms. The van der Waals surface area contributed by atoms with Crippen LogP contribution in [0.25, 0.3) is 0 Å². The van der Waals surface area contributed by atoms with Crippen molar-refractivity contribution in [2.24, 2.45) is 10.9 Å². The van der Waals surface area contributed by atoms with Gasteiger partial charge >= 0.3 is 0 Å². The van der Waals surface area contributed by atoms with Crippen LogP contribution in [0.15, 0.2) is 33.7 Å². The van der Waals surface area contributed by atoms with E-state index in [0.29, 0.717) is 12.4 Å². The molecular formula is C22H33N5O. The van der Waals surface area contributed by atoms with E-state index in [0.717, 1.165) is 36.4 Å². The molecule has 0 bridgehead atoms. The minimum absolute atomic E-state index is 0.516. The molecule has 0 amide bonds. The zero-order valence-electron chi connectivity index (χ0n) is 17.6. The van der Waals surface area contributed by atoms with Gasteiger partial charge in [-0.25, -0.2) is 4.98 Å². The number of piperidine rings is 1. The lowest BCUT2D eigenvalue weighted by atomic mass is 9.99. The summed E-state index contributed by atoms with van der Waals surface area (Å²) in [6, 6.07) is 8.87. The lowest BCUT2D eigenvalue weighted by molar-refractivity contribution is 0.185. The van der Waals surface area contributed by atoms with Crippen molar-refractivity contribution in [3.63, 3.8) is 0 Å². The van der Waals surface area contributed by atoms with E-state index in [4.69, 9.17) is 4.42 Å². The van der Waals surface area contributed by atoms with Crippen molar-refractivity contribution in [1.82, 2.24) is 20.5 Å². The van der Waals surface area contributed by atoms with Crippen molar-refractivity contribution < 1.29 is 4.42 Å². The Balaban J connectivity index is 1.44. The number of aryl methyl sites for hydroxylation is 2. The second kappa shape index (κ2) is 9.73. The van der Waals surface area contributed by atoms with Crippen molar-refractivity contribution in [1.29, 1.82) is 0 Å². The summed E-state index contributed by atoms with van der Waals surface area (Å²) in [6.07, 6.45) is 2.64. The normalized spacial score (nSPS) is 16.4. The molecule has 1 aromatic heterocycles. The number of nitrogens with one attached hydrogen (secondary N) is 2. The van der Waals surface area contributed by atoms with Crippen LogP contribution in [-0.2, 0) is 19.6 Å². The van der Waals surface area contributed by atoms with E-state index in [9.17, 15) is 0 Å². The van der Waals surface area contributed by atoms with Gasteiger partial charge in [-0.05, 0) is 56.8 Å². The zero-order valence-corrected chi connectivity index (χ0v) is 17.6. The number of guanidine groups is 1. The highest BCUT2D eigenvalue weighted by Crippen LogP contribution is 2.18. The fraction of sp³-hybridized carbons (Fsp3) is 0.545. The van der Waals surface area contributed by atoms with Crippen LogP contribution in [0.3, 0.4) is 0 Å². The highest BCUT2D eigenvalue weighted by Gasteiger charge is 2.15. The molecule has 6 heteroatoms. The van der Waals surface area contributed by atoms with Gasteiger partial charge in [0.2, 0.25) is 5.89 Å². The minimum Gasteiger partial charge on any atom is -0.444 e. The van der Waals surface area contributed by atoms with Crippen LogP contribution < -0.4 is 10.6 Å². The molecule has 2 heterocycles. The molecule has 0 aliphatic carbocycles. The number of likely N-dealkylation sites (tertiary alicyclic amines) is 1. The molecule has 1 aliphatic heterocycles. The highest BCUT2D eigenvalue weighted by atomic mass is 16.4. The Bertz CT molecular complexity index is 753. The summed E-state index contributed by atoms with van der Waals surface area (Å²) in [5, 5.41) is 6.58. The first kappa shape index (κ1) is 20.4. The summed E-state index contributed by atoms with van der Waals surface area (Å²) >= 11 is 0. The van der Waals surface area contributed by atoms with Gasteiger partial charge in [0.1, 0.15) is 5.76 Å². The molecule has 1 saturated heterocycles. The standard InChI is InChI=1S/C22H33N5O/c1-16-9-11-27(12-10-16)15-20-7-5-19(6-8-20)13-24-22(23-4)25-14-21-26-17(2)18(3)28-21/h5-8,16H,9-15H2,1-4H3,(H2,23,24,25). The number of nitrogens with zero attached hydrogens (tertiary/aromatic N) is 3. The van der Waals surface area contributed by atoms with Crippen LogP contribution in [0, 0.1) is 19.8 Å². The smallest absolute Gasteiger partial charge is 0.214 e. The van der Waals surface area contributed by atoms with Crippen molar-refractivity contribution >= 4 is 5.96 Å². The maximum absolute atomic E-state index is 5.59. The number of oxazole rings is 1. The first-order chi connectivity index (χ1) is 13.5. The molecule has 0 atom stereocenters. The predicted octanol–water partition coefficient (Wildman–Crippen LogP) is 3.39. The van der Waals surface area contributed by atoms with Gasteiger partial charge < -0.3 is 15.1 Å². The van der Waals surface area contributed by atoms with Gasteiger partial charge in [-0.15, -0.1) is 0 Å². The number of benzene rings is 1. The third-order valence-electron chi connectivity index (χ3n) is 5.47. The molecule has 3 rings (SSSR count). The average molecular weight is 384 g/mol. The SMILES string of the molecule is CN=C(NCc1ccc(CN2CCC(C)CC2)cc1)NCc1nc(C)c(C)o1. The largest absolute Gasteiger partial charge is 0.444 e. The molecule has 0 saturated carbocycles. The Kier molecular flexibility index (Phi) is 7.09. The number of aliphatic imine (C=N–C) groups is 1. The lowest BCUT2D eigenvalue weighted by Crippen LogP contribution is -2.36. The molecule has 6 nitrogen and oxygen atoms in total. The molecule has 0 unspecified atom stereocenters. The van der Waals surface area contributed by atoms with Gasteiger partial charge in [0.25, 0.3) is 0 Å². The molecular weight excluding hydrogens is 350 g/mol. The van der Waals surface area contributed by atoms with Crippen molar-refractivity contribution in [3.05, 3.63) is 52.7 Å². The first-order valence-corrected chi connectivity index (χ1v) is 10.2. The fourth-order valence-corrected chi connectivity index (χ4v) is 3.42. The van der Waals surface area contributed by atoms with Crippen LogP contribution in [0.4, 0.5) is 0 Å². The topological polar surface area (TPSA) is 65.7 Å². The maximum Gasteiger partial charge on any atom is 0.214 e. The van der Waals surface area contributed by atoms with E-state index in [2.05, 4.69) is 56.7 Å². The Labute approximate surface area is 168 Å². The van der Waals surface area contributed by atoms with Crippen molar-refractivity contribution in [3.8, 4) is 0 Å². The molecule has 1 fully saturated rings. The van der Waals surface area contributed by atoms with E-state index < -0.39 is 0 Å². The summed E-state index contributed by atoms with van der Waals surface area (Å²) < 4.78 is 5.59. The predicted molar refractivity (Wildman–Crippen MR) is 113 cm³/mol. The summed E-state index contributed by atoms with van der Waals surface area (Å²) in [4.78, 5) is 11.2. The van der Waals surface area contributed by atoms with E-state index in [1.807, 2.05) is 13.8 Å². The van der Waals surface area contributed by atoms with Crippen LogP contribution in [0.5, 0.6) is 0 Å². The molecule has 0 spiro atoms. The van der Waals surface area contributed by atoms with Gasteiger partial charge in [0, 0.05) is 20.1 Å². The molecule has 1 aliphatic rings. The minimum atomic E-state index is 0.516. The lowest BCUT2D eigenvalue weighted by Gasteiger charge is -2.30. The number of aromatic nitrogens is 1. The van der Waals surface area contributed by atoms with Crippen LogP contribution in [0.2, 0.25) is 0 Å². The fourth-order valence-electron chi connectivity index (χ4n) is 3.42. The Morgan fingerprint density at radius 1 is 1.11 bits per heavy atom. The zero-order chi connectivity index (χ0) is 19.9. The summed E-state index contributed by atoms with van der Waals surface area (Å²) in [5.41, 5.74) is 3.55. The Morgan fingerprint density at radius 2 is 1.75 bits per heavy atom. The third kappa shape index (κ3) is 5.83. The Hall–Kier alpha value is -2.34. The number of hydrogen-bond donors (Lipinski definition) is 2. The second-order valence-electron chi connectivity index (χ2n) is 7.80. The van der Waals surface area contributed by atoms with Crippen LogP contribution in [0.1, 0.15) is 48.2 Å². The summed E-state index contributed by atoms with van der Waals surface area (Å²) in [6.45, 7) is 11.0. The molecule has 1 aromatic carbocycles. The quantitative estimate of drug-likeness (QED) is 0.591. The van der Waals surface area contributed by atoms with E-state index in [-0.39, 0.29) is 0 Å². The molecule has 2 aromatic rings. The average Bonchev–Trinajstić information content (AvgIpc) is 3.02. The summed E-state index contributed by atoms with van der Waals surface area (Å²) in [7, 11) is 1.77. The molecule has 2 N–H and O–H groups in total. The van der Waals surface area contributed by atoms with Crippen LogP contribution >= 0.6 is 0 Å². The molecule has 152 valence electrons. The van der Waals surface area contributed by atoms with Crippen molar-refractivity contribution in [2.75, 3.05) is 20.1 Å². The number of rotatable bonds is 6. The third-order valence-corrected chi connectivity index (χ3v) is 5.47. The first-order valence-electron chi connectivity index (χ1n) is 10.2. The maximum atomic E-state index is 5.59. The van der Waals surface area contributed by atoms with Gasteiger partial charge in [0.05, 0.1) is 12.2 Å². The second-order valence-corrected chi connectivity index (χ2v) is 7.80. The Morgan fingerprint density at radius 3 is 2.36 bits per heavy atom. The monoisotopic (exact) mass is 383 g/mol. The summed E-state index contributed by atoms with van der Waals surface area (Å²) in [5.74, 6) is 3.15. The van der Waals surface area contributed by atoms with Crippen molar-refractivity contribution in [2.45, 2.75) is 53.2 Å². The van der Waals surface area contributed by atoms with E-state index in [1.54, 1.807) is 7.05 Å². The van der Waals surface area contributed by atoms with Gasteiger partial charge in [0.15, 0.2) is 5.96 Å². The van der Waals surface area contributed by atoms with Gasteiger partial charge in [-0.3, -0.25) is 9.89 Å². The van der Waals surface area contributed by atoms with Crippen LogP contribution in [-0.4, -0.2) is 36.0 Å².